The van der Waals surface area contributed by atoms with Crippen molar-refractivity contribution < 1.29 is 9.00 Å². The van der Waals surface area contributed by atoms with E-state index in [0.717, 1.165) is 32.1 Å². The largest absolute Gasteiger partial charge is 0.325 e. The quantitative estimate of drug-likeness (QED) is 0.819. The van der Waals surface area contributed by atoms with Crippen LogP contribution in [0.25, 0.3) is 0 Å². The van der Waals surface area contributed by atoms with Gasteiger partial charge in [-0.15, -0.1) is 0 Å². The molecule has 0 aromatic rings. The van der Waals surface area contributed by atoms with Crippen LogP contribution in [0.1, 0.15) is 46.0 Å². The molecule has 1 aliphatic heterocycles. The molecular formula is C13H24N2O2S. The van der Waals surface area contributed by atoms with Gasteiger partial charge in [-0.05, 0) is 19.3 Å². The number of nitrogens with zero attached hydrogens (tertiary/aromatic N) is 1. The lowest BCUT2D eigenvalue weighted by Gasteiger charge is -2.22. The predicted molar refractivity (Wildman–Crippen MR) is 73.7 cm³/mol. The van der Waals surface area contributed by atoms with Crippen LogP contribution >= 0.6 is 0 Å². The van der Waals surface area contributed by atoms with E-state index in [2.05, 4.69) is 12.2 Å². The summed E-state index contributed by atoms with van der Waals surface area (Å²) in [7, 11) is -0.790. The van der Waals surface area contributed by atoms with Crippen LogP contribution in [-0.4, -0.2) is 44.8 Å². The molecule has 1 aliphatic carbocycles. The van der Waals surface area contributed by atoms with Gasteiger partial charge in [0, 0.05) is 28.9 Å². The molecule has 2 rings (SSSR count). The topological polar surface area (TPSA) is 49.4 Å². The van der Waals surface area contributed by atoms with Gasteiger partial charge >= 0.3 is 0 Å². The maximum Gasteiger partial charge on any atom is 0.244 e. The minimum Gasteiger partial charge on any atom is -0.325 e. The highest BCUT2D eigenvalue weighted by Gasteiger charge is 2.51. The molecule has 104 valence electrons. The Kier molecular flexibility index (Phi) is 4.43. The Labute approximate surface area is 112 Å². The first-order valence-corrected chi connectivity index (χ1v) is 8.55. The van der Waals surface area contributed by atoms with E-state index < -0.39 is 10.8 Å². The molecule has 2 atom stereocenters. The molecule has 2 fully saturated rings. The van der Waals surface area contributed by atoms with E-state index in [-0.39, 0.29) is 17.6 Å². The average Bonchev–Trinajstić information content (AvgIpc) is 2.95. The standard InChI is InChI=1S/C13H24N2O2S/c1-3-11-14-13(7-5-6-8-13)12(16)15(11)9-10-18(17)4-2/h11,14H,3-10H2,1-2H3. The van der Waals surface area contributed by atoms with Crippen molar-refractivity contribution >= 4 is 16.7 Å². The van der Waals surface area contributed by atoms with Crippen LogP contribution in [0.5, 0.6) is 0 Å². The first-order valence-electron chi connectivity index (χ1n) is 7.06. The van der Waals surface area contributed by atoms with E-state index in [1.54, 1.807) is 0 Å². The predicted octanol–water partition coefficient (Wildman–Crippen LogP) is 1.24. The highest BCUT2D eigenvalue weighted by atomic mass is 32.2. The summed E-state index contributed by atoms with van der Waals surface area (Å²) in [5, 5.41) is 3.54. The van der Waals surface area contributed by atoms with E-state index in [4.69, 9.17) is 0 Å². The number of amides is 1. The Morgan fingerprint density at radius 3 is 2.61 bits per heavy atom. The minimum absolute atomic E-state index is 0.143. The Morgan fingerprint density at radius 2 is 2.06 bits per heavy atom. The van der Waals surface area contributed by atoms with Gasteiger partial charge in [0.2, 0.25) is 5.91 Å². The second-order valence-corrected chi connectivity index (χ2v) is 7.15. The number of rotatable bonds is 5. The number of carbonyl (C=O) groups is 1. The fourth-order valence-electron chi connectivity index (χ4n) is 3.14. The smallest absolute Gasteiger partial charge is 0.244 e. The van der Waals surface area contributed by atoms with Crippen molar-refractivity contribution in [1.82, 2.24) is 10.2 Å². The molecule has 1 heterocycles. The lowest BCUT2D eigenvalue weighted by Crippen LogP contribution is -2.44. The number of hydrogen-bond donors (Lipinski definition) is 1. The van der Waals surface area contributed by atoms with Crippen molar-refractivity contribution in [2.45, 2.75) is 57.7 Å². The van der Waals surface area contributed by atoms with Gasteiger partial charge in [0.15, 0.2) is 0 Å². The third kappa shape index (κ3) is 2.48. The second kappa shape index (κ2) is 5.70. The minimum atomic E-state index is -0.790. The Bertz CT molecular complexity index is 340. The van der Waals surface area contributed by atoms with Crippen LogP contribution in [-0.2, 0) is 15.6 Å². The molecule has 1 amide bonds. The summed E-state index contributed by atoms with van der Waals surface area (Å²) in [6.07, 6.45) is 5.29. The molecule has 0 radical (unpaired) electrons. The van der Waals surface area contributed by atoms with Gasteiger partial charge < -0.3 is 4.90 Å². The van der Waals surface area contributed by atoms with Crippen molar-refractivity contribution in [3.05, 3.63) is 0 Å². The van der Waals surface area contributed by atoms with Crippen molar-refractivity contribution in [3.63, 3.8) is 0 Å². The SMILES string of the molecule is CCC1NC2(CCCC2)C(=O)N1CCS(=O)CC. The zero-order chi connectivity index (χ0) is 13.2. The van der Waals surface area contributed by atoms with Gasteiger partial charge in [0.05, 0.1) is 11.7 Å². The van der Waals surface area contributed by atoms with Crippen LogP contribution in [0, 0.1) is 0 Å². The molecule has 0 aromatic heterocycles. The van der Waals surface area contributed by atoms with Crippen LogP contribution < -0.4 is 5.32 Å². The van der Waals surface area contributed by atoms with Gasteiger partial charge in [-0.2, -0.15) is 0 Å². The zero-order valence-corrected chi connectivity index (χ0v) is 12.2. The Morgan fingerprint density at radius 1 is 1.39 bits per heavy atom. The third-order valence-electron chi connectivity index (χ3n) is 4.22. The molecule has 0 bridgehead atoms. The van der Waals surface area contributed by atoms with Gasteiger partial charge in [-0.1, -0.05) is 26.7 Å². The number of hydrogen-bond acceptors (Lipinski definition) is 3. The maximum atomic E-state index is 12.6. The van der Waals surface area contributed by atoms with E-state index >= 15 is 0 Å². The number of nitrogens with one attached hydrogen (secondary N) is 1. The molecule has 2 aliphatic rings. The molecule has 1 spiro atoms. The summed E-state index contributed by atoms with van der Waals surface area (Å²) in [6, 6.07) is 0. The van der Waals surface area contributed by atoms with Gasteiger partial charge in [-0.3, -0.25) is 14.3 Å². The molecule has 5 heteroatoms. The molecule has 1 saturated carbocycles. The first-order chi connectivity index (χ1) is 8.63. The molecular weight excluding hydrogens is 248 g/mol. The summed E-state index contributed by atoms with van der Waals surface area (Å²) in [4.78, 5) is 14.5. The fourth-order valence-corrected chi connectivity index (χ4v) is 3.83. The van der Waals surface area contributed by atoms with Crippen LogP contribution in [0.2, 0.25) is 0 Å². The Hall–Kier alpha value is -0.420. The lowest BCUT2D eigenvalue weighted by atomic mass is 9.98. The average molecular weight is 272 g/mol. The Balaban J connectivity index is 2.03. The summed E-state index contributed by atoms with van der Waals surface area (Å²) in [6.45, 7) is 4.66. The third-order valence-corrected chi connectivity index (χ3v) is 5.50. The van der Waals surface area contributed by atoms with Crippen LogP contribution in [0.15, 0.2) is 0 Å². The summed E-state index contributed by atoms with van der Waals surface area (Å²) >= 11 is 0. The molecule has 1 N–H and O–H groups in total. The van der Waals surface area contributed by atoms with Crippen LogP contribution in [0.3, 0.4) is 0 Å². The number of carbonyl (C=O) groups excluding carboxylic acids is 1. The molecule has 18 heavy (non-hydrogen) atoms. The zero-order valence-electron chi connectivity index (χ0n) is 11.4. The van der Waals surface area contributed by atoms with Gasteiger partial charge in [0.25, 0.3) is 0 Å². The van der Waals surface area contributed by atoms with E-state index in [1.165, 1.54) is 0 Å². The van der Waals surface area contributed by atoms with E-state index in [0.29, 0.717) is 18.1 Å². The molecule has 2 unspecified atom stereocenters. The molecule has 4 nitrogen and oxygen atoms in total. The molecule has 0 aromatic carbocycles. The lowest BCUT2D eigenvalue weighted by molar-refractivity contribution is -0.132. The van der Waals surface area contributed by atoms with Gasteiger partial charge in [0.1, 0.15) is 0 Å². The van der Waals surface area contributed by atoms with E-state index in [1.807, 2.05) is 11.8 Å². The monoisotopic (exact) mass is 272 g/mol. The normalized spacial score (nSPS) is 28.2. The second-order valence-electron chi connectivity index (χ2n) is 5.29. The molecule has 1 saturated heterocycles. The van der Waals surface area contributed by atoms with Crippen molar-refractivity contribution in [1.29, 1.82) is 0 Å². The van der Waals surface area contributed by atoms with Crippen molar-refractivity contribution in [3.8, 4) is 0 Å². The van der Waals surface area contributed by atoms with Crippen molar-refractivity contribution in [2.24, 2.45) is 0 Å². The van der Waals surface area contributed by atoms with E-state index in [9.17, 15) is 9.00 Å². The fraction of sp³-hybridized carbons (Fsp3) is 0.923. The van der Waals surface area contributed by atoms with Crippen molar-refractivity contribution in [2.75, 3.05) is 18.1 Å². The maximum absolute atomic E-state index is 12.6. The first kappa shape index (κ1) is 14.0. The highest BCUT2D eigenvalue weighted by molar-refractivity contribution is 7.84. The summed E-state index contributed by atoms with van der Waals surface area (Å²) < 4.78 is 11.5. The van der Waals surface area contributed by atoms with Crippen LogP contribution in [0.4, 0.5) is 0 Å². The van der Waals surface area contributed by atoms with Gasteiger partial charge in [-0.25, -0.2) is 0 Å². The highest BCUT2D eigenvalue weighted by Crippen LogP contribution is 2.36. The summed E-state index contributed by atoms with van der Waals surface area (Å²) in [5.74, 6) is 1.54. The summed E-state index contributed by atoms with van der Waals surface area (Å²) in [5.41, 5.74) is -0.283.